The number of carbonyl (C=O) groups is 3. The molecule has 1 saturated heterocycles. The van der Waals surface area contributed by atoms with Crippen LogP contribution in [0.15, 0.2) is 16.8 Å². The Morgan fingerprint density at radius 2 is 2.11 bits per heavy atom. The third-order valence-electron chi connectivity index (χ3n) is 4.88. The highest BCUT2D eigenvalue weighted by Gasteiger charge is 2.61. The molecule has 152 valence electrons. The lowest BCUT2D eigenvalue weighted by atomic mass is 10.1. The largest absolute Gasteiger partial charge is 0.443 e. The zero-order valence-corrected chi connectivity index (χ0v) is 17.0. The lowest BCUT2D eigenvalue weighted by Crippen LogP contribution is -2.36. The average molecular weight is 389 g/mol. The van der Waals surface area contributed by atoms with Crippen LogP contribution in [0.25, 0.3) is 0 Å². The van der Waals surface area contributed by atoms with Crippen molar-refractivity contribution in [3.63, 3.8) is 0 Å². The minimum Gasteiger partial charge on any atom is -0.443 e. The Hall–Kier alpha value is -2.82. The first-order valence-electron chi connectivity index (χ1n) is 9.16. The molecular weight excluding hydrogens is 362 g/mol. The number of imide groups is 1. The van der Waals surface area contributed by atoms with Crippen LogP contribution < -0.4 is 0 Å². The number of ether oxygens (including phenoxy) is 1. The van der Waals surface area contributed by atoms with E-state index in [4.69, 9.17) is 16.0 Å². The third-order valence-corrected chi connectivity index (χ3v) is 4.88. The molecule has 2 atom stereocenters. The van der Waals surface area contributed by atoms with E-state index in [2.05, 4.69) is 11.1 Å². The summed E-state index contributed by atoms with van der Waals surface area (Å²) in [6.45, 7) is 9.12. The molecule has 8 nitrogen and oxygen atoms in total. The van der Waals surface area contributed by atoms with Crippen LogP contribution in [0.4, 0.5) is 4.79 Å². The van der Waals surface area contributed by atoms with E-state index in [0.29, 0.717) is 0 Å². The lowest BCUT2D eigenvalue weighted by molar-refractivity contribution is -0.151. The second-order valence-corrected chi connectivity index (χ2v) is 7.88. The number of esters is 1. The Balaban J connectivity index is 1.92. The van der Waals surface area contributed by atoms with E-state index in [9.17, 15) is 14.4 Å². The number of carbonyl (C=O) groups excluding carboxylic acids is 3. The molecule has 1 aliphatic heterocycles. The van der Waals surface area contributed by atoms with E-state index in [1.807, 2.05) is 40.7 Å². The predicted octanol–water partition coefficient (Wildman–Crippen LogP) is 2.01. The number of amides is 3. The number of urea groups is 1. The molecule has 0 aromatic heterocycles. The molecule has 0 aromatic rings. The van der Waals surface area contributed by atoms with Gasteiger partial charge in [0.1, 0.15) is 12.6 Å². The topological polar surface area (TPSA) is 88.5 Å². The zero-order valence-electron chi connectivity index (χ0n) is 17.0. The van der Waals surface area contributed by atoms with E-state index < -0.39 is 24.6 Å². The number of hydrogen-bond donors (Lipinski definition) is 0. The smallest absolute Gasteiger partial charge is 0.330 e. The van der Waals surface area contributed by atoms with E-state index in [1.54, 1.807) is 6.21 Å². The van der Waals surface area contributed by atoms with Crippen LogP contribution in [0.2, 0.25) is 0 Å². The van der Waals surface area contributed by atoms with E-state index in [1.165, 1.54) is 4.90 Å². The molecule has 0 aromatic carbocycles. The molecule has 28 heavy (non-hydrogen) atoms. The fourth-order valence-electron chi connectivity index (χ4n) is 3.17. The van der Waals surface area contributed by atoms with Crippen molar-refractivity contribution in [3.8, 4) is 12.3 Å². The van der Waals surface area contributed by atoms with E-state index in [-0.39, 0.29) is 36.4 Å². The van der Waals surface area contributed by atoms with Crippen molar-refractivity contribution in [2.24, 2.45) is 22.4 Å². The molecule has 0 N–H and O–H groups in total. The molecule has 2 rings (SSSR count). The fourth-order valence-corrected chi connectivity index (χ4v) is 3.17. The molecule has 1 heterocycles. The highest BCUT2D eigenvalue weighted by molar-refractivity contribution is 6.02. The van der Waals surface area contributed by atoms with Gasteiger partial charge in [-0.2, -0.15) is 0 Å². The zero-order chi connectivity index (χ0) is 21.1. The van der Waals surface area contributed by atoms with Crippen molar-refractivity contribution < 1.29 is 24.0 Å². The van der Waals surface area contributed by atoms with Crippen LogP contribution in [-0.2, 0) is 19.2 Å². The first kappa shape index (κ1) is 21.5. The minimum absolute atomic E-state index is 0.00305. The van der Waals surface area contributed by atoms with Crippen LogP contribution >= 0.6 is 0 Å². The number of nitrogens with zero attached hydrogens (tertiary/aromatic N) is 3. The van der Waals surface area contributed by atoms with Crippen molar-refractivity contribution in [3.05, 3.63) is 11.6 Å². The highest BCUT2D eigenvalue weighted by Crippen LogP contribution is 2.59. The Morgan fingerprint density at radius 1 is 1.43 bits per heavy atom. The van der Waals surface area contributed by atoms with Crippen LogP contribution in [0.5, 0.6) is 0 Å². The van der Waals surface area contributed by atoms with Crippen molar-refractivity contribution in [1.29, 1.82) is 0 Å². The first-order chi connectivity index (χ1) is 13.1. The van der Waals surface area contributed by atoms with Gasteiger partial charge in [-0.3, -0.25) is 9.59 Å². The summed E-state index contributed by atoms with van der Waals surface area (Å²) >= 11 is 0. The van der Waals surface area contributed by atoms with Crippen molar-refractivity contribution >= 4 is 24.1 Å². The van der Waals surface area contributed by atoms with Crippen molar-refractivity contribution in [2.75, 3.05) is 19.8 Å². The van der Waals surface area contributed by atoms with Crippen LogP contribution in [0, 0.1) is 29.6 Å². The summed E-state index contributed by atoms with van der Waals surface area (Å²) in [7, 11) is 0. The van der Waals surface area contributed by atoms with Gasteiger partial charge in [-0.05, 0) is 37.7 Å². The summed E-state index contributed by atoms with van der Waals surface area (Å²) < 4.78 is 5.26. The first-order valence-corrected chi connectivity index (χ1v) is 9.16. The van der Waals surface area contributed by atoms with Gasteiger partial charge in [0.25, 0.3) is 5.91 Å². The molecule has 2 fully saturated rings. The van der Waals surface area contributed by atoms with E-state index in [0.717, 1.165) is 10.5 Å². The summed E-state index contributed by atoms with van der Waals surface area (Å²) in [4.78, 5) is 43.8. The van der Waals surface area contributed by atoms with Crippen LogP contribution in [0.3, 0.4) is 0 Å². The minimum atomic E-state index is -0.542. The summed E-state index contributed by atoms with van der Waals surface area (Å²) in [5, 5.41) is 3.89. The Labute approximate surface area is 165 Å². The van der Waals surface area contributed by atoms with Gasteiger partial charge in [0.2, 0.25) is 0 Å². The average Bonchev–Trinajstić information content (AvgIpc) is 3.01. The maximum absolute atomic E-state index is 12.5. The molecule has 0 bridgehead atoms. The lowest BCUT2D eigenvalue weighted by Gasteiger charge is -2.15. The molecule has 2 aliphatic rings. The second-order valence-electron chi connectivity index (χ2n) is 7.88. The molecule has 0 radical (unpaired) electrons. The molecule has 3 amide bonds. The summed E-state index contributed by atoms with van der Waals surface area (Å²) in [5.74, 6) is 1.08. The third kappa shape index (κ3) is 4.71. The number of hydrogen-bond acceptors (Lipinski definition) is 6. The van der Waals surface area contributed by atoms with Crippen molar-refractivity contribution in [1.82, 2.24) is 9.80 Å². The molecule has 8 heteroatoms. The highest BCUT2D eigenvalue weighted by atomic mass is 16.6. The SMILES string of the molecule is C#CCN1CC(=O)N(COC(=O)C2C(C=C(C)/C=N/OC(C)C)C2(C)C)C1=O. The standard InChI is InChI=1S/C20H27N3O5/c1-7-8-22-11-16(24)23(19(22)26)12-27-18(25)17-15(20(17,5)6)9-14(4)10-21-28-13(2)3/h1,9-10,13,15,17H,8,11-12H2,2-6H3/b14-9?,21-10+. The Morgan fingerprint density at radius 3 is 2.71 bits per heavy atom. The van der Waals surface area contributed by atoms with Gasteiger partial charge in [-0.15, -0.1) is 6.42 Å². The van der Waals surface area contributed by atoms with Gasteiger partial charge < -0.3 is 14.5 Å². The predicted molar refractivity (Wildman–Crippen MR) is 103 cm³/mol. The molecule has 0 spiro atoms. The van der Waals surface area contributed by atoms with Gasteiger partial charge in [0.15, 0.2) is 6.73 Å². The molecular formula is C20H27N3O5. The number of terminal acetylenes is 1. The van der Waals surface area contributed by atoms with Gasteiger partial charge >= 0.3 is 12.0 Å². The molecule has 1 aliphatic carbocycles. The summed E-state index contributed by atoms with van der Waals surface area (Å²) in [6, 6.07) is -0.542. The van der Waals surface area contributed by atoms with Crippen LogP contribution in [-0.4, -0.2) is 59.8 Å². The summed E-state index contributed by atoms with van der Waals surface area (Å²) in [5.41, 5.74) is 0.600. The second kappa shape index (κ2) is 8.46. The van der Waals surface area contributed by atoms with Gasteiger partial charge in [-0.25, -0.2) is 9.69 Å². The van der Waals surface area contributed by atoms with Gasteiger partial charge in [0, 0.05) is 0 Å². The normalized spacial score (nSPS) is 24.1. The Kier molecular flexibility index (Phi) is 6.49. The summed E-state index contributed by atoms with van der Waals surface area (Å²) in [6.07, 6.45) is 8.74. The molecule has 2 unspecified atom stereocenters. The van der Waals surface area contributed by atoms with Crippen LogP contribution in [0.1, 0.15) is 34.6 Å². The van der Waals surface area contributed by atoms with Gasteiger partial charge in [-0.1, -0.05) is 31.0 Å². The van der Waals surface area contributed by atoms with Gasteiger partial charge in [0.05, 0.1) is 18.7 Å². The quantitative estimate of drug-likeness (QED) is 0.208. The maximum atomic E-state index is 12.5. The molecule has 1 saturated carbocycles. The Bertz CT molecular complexity index is 747. The maximum Gasteiger partial charge on any atom is 0.330 e. The monoisotopic (exact) mass is 389 g/mol. The number of allylic oxidation sites excluding steroid dienone is 2. The fraction of sp³-hybridized carbons (Fsp3) is 0.600. The van der Waals surface area contributed by atoms with Crippen molar-refractivity contribution in [2.45, 2.75) is 40.7 Å². The number of rotatable bonds is 8. The van der Waals surface area contributed by atoms with E-state index >= 15 is 0 Å². The number of oxime groups is 1.